The number of carbonyl (C=O) groups is 1. The second-order valence-corrected chi connectivity index (χ2v) is 5.43. The first-order valence-corrected chi connectivity index (χ1v) is 7.07. The lowest BCUT2D eigenvalue weighted by atomic mass is 10.3. The summed E-state index contributed by atoms with van der Waals surface area (Å²) in [6, 6.07) is 5.28. The summed E-state index contributed by atoms with van der Waals surface area (Å²) in [4.78, 5) is 20.0. The zero-order chi connectivity index (χ0) is 15.4. The van der Waals surface area contributed by atoms with Crippen molar-refractivity contribution in [1.82, 2.24) is 15.3 Å². The number of nitrogens with zero attached hydrogens (tertiary/aromatic N) is 2. The van der Waals surface area contributed by atoms with E-state index in [9.17, 15) is 4.79 Å². The lowest BCUT2D eigenvalue weighted by Gasteiger charge is -2.09. The van der Waals surface area contributed by atoms with Crippen LogP contribution in [0.3, 0.4) is 0 Å². The van der Waals surface area contributed by atoms with Crippen LogP contribution >= 0.6 is 23.2 Å². The van der Waals surface area contributed by atoms with Crippen molar-refractivity contribution >= 4 is 40.6 Å². The predicted octanol–water partition coefficient (Wildman–Crippen LogP) is 3.67. The van der Waals surface area contributed by atoms with Crippen LogP contribution in [0.15, 0.2) is 30.6 Å². The fraction of sp³-hybridized carbons (Fsp3) is 0.214. The largest absolute Gasteiger partial charge is 0.348 e. The molecular weight excluding hydrogens is 311 g/mol. The molecule has 110 valence electrons. The number of hydrogen-bond acceptors (Lipinski definition) is 4. The van der Waals surface area contributed by atoms with Crippen molar-refractivity contribution in [3.8, 4) is 0 Å². The quantitative estimate of drug-likeness (QED) is 0.900. The van der Waals surface area contributed by atoms with E-state index in [4.69, 9.17) is 23.2 Å². The first-order valence-electron chi connectivity index (χ1n) is 6.31. The third-order valence-electron chi connectivity index (χ3n) is 2.52. The van der Waals surface area contributed by atoms with Crippen LogP contribution in [0, 0.1) is 0 Å². The summed E-state index contributed by atoms with van der Waals surface area (Å²) in [6.07, 6.45) is 2.87. The predicted molar refractivity (Wildman–Crippen MR) is 84.4 cm³/mol. The lowest BCUT2D eigenvalue weighted by Crippen LogP contribution is -2.30. The number of amides is 1. The van der Waals surface area contributed by atoms with Gasteiger partial charge in [-0.15, -0.1) is 0 Å². The van der Waals surface area contributed by atoms with Crippen molar-refractivity contribution in [2.75, 3.05) is 5.32 Å². The summed E-state index contributed by atoms with van der Waals surface area (Å²) >= 11 is 12.0. The highest BCUT2D eigenvalue weighted by Crippen LogP contribution is 2.30. The maximum atomic E-state index is 11.8. The lowest BCUT2D eigenvalue weighted by molar-refractivity contribution is 0.0937. The summed E-state index contributed by atoms with van der Waals surface area (Å²) in [6.45, 7) is 3.75. The Morgan fingerprint density at radius 1 is 1.19 bits per heavy atom. The van der Waals surface area contributed by atoms with Crippen LogP contribution in [-0.4, -0.2) is 21.9 Å². The van der Waals surface area contributed by atoms with Crippen LogP contribution in [0.5, 0.6) is 0 Å². The van der Waals surface area contributed by atoms with E-state index in [2.05, 4.69) is 20.6 Å². The van der Waals surface area contributed by atoms with Gasteiger partial charge in [-0.1, -0.05) is 29.3 Å². The molecule has 0 aliphatic rings. The Labute approximate surface area is 132 Å². The first kappa shape index (κ1) is 15.5. The molecule has 1 heterocycles. The van der Waals surface area contributed by atoms with Crippen molar-refractivity contribution in [2.45, 2.75) is 19.9 Å². The van der Waals surface area contributed by atoms with E-state index in [0.29, 0.717) is 21.6 Å². The minimum Gasteiger partial charge on any atom is -0.348 e. The highest BCUT2D eigenvalue weighted by Gasteiger charge is 2.10. The second kappa shape index (κ2) is 6.74. The molecule has 5 nitrogen and oxygen atoms in total. The molecule has 0 unspecified atom stereocenters. The molecule has 0 bridgehead atoms. The highest BCUT2D eigenvalue weighted by molar-refractivity contribution is 6.43. The molecule has 0 spiro atoms. The maximum Gasteiger partial charge on any atom is 0.271 e. The van der Waals surface area contributed by atoms with E-state index in [1.165, 1.54) is 12.4 Å². The number of hydrogen-bond donors (Lipinski definition) is 2. The highest BCUT2D eigenvalue weighted by atomic mass is 35.5. The summed E-state index contributed by atoms with van der Waals surface area (Å²) in [7, 11) is 0. The van der Waals surface area contributed by atoms with Gasteiger partial charge in [0.25, 0.3) is 5.91 Å². The zero-order valence-electron chi connectivity index (χ0n) is 11.5. The van der Waals surface area contributed by atoms with Gasteiger partial charge in [0.15, 0.2) is 0 Å². The van der Waals surface area contributed by atoms with E-state index in [-0.39, 0.29) is 17.6 Å². The summed E-state index contributed by atoms with van der Waals surface area (Å²) in [5.41, 5.74) is 0.879. The number of aromatic nitrogens is 2. The van der Waals surface area contributed by atoms with Crippen LogP contribution in [-0.2, 0) is 0 Å². The SMILES string of the molecule is CC(C)NC(=O)c1cnc(Nc2cccc(Cl)c2Cl)cn1. The van der Waals surface area contributed by atoms with Crippen LogP contribution in [0.2, 0.25) is 10.0 Å². The molecule has 2 rings (SSSR count). The smallest absolute Gasteiger partial charge is 0.271 e. The van der Waals surface area contributed by atoms with Crippen LogP contribution in [0.4, 0.5) is 11.5 Å². The normalized spacial score (nSPS) is 10.5. The molecule has 0 radical (unpaired) electrons. The van der Waals surface area contributed by atoms with Gasteiger partial charge < -0.3 is 10.6 Å². The van der Waals surface area contributed by atoms with Crippen molar-refractivity contribution in [3.63, 3.8) is 0 Å². The van der Waals surface area contributed by atoms with Crippen molar-refractivity contribution in [2.24, 2.45) is 0 Å². The number of nitrogens with one attached hydrogen (secondary N) is 2. The molecule has 0 aliphatic carbocycles. The Morgan fingerprint density at radius 2 is 1.95 bits per heavy atom. The summed E-state index contributed by atoms with van der Waals surface area (Å²) in [5.74, 6) is 0.213. The Balaban J connectivity index is 2.12. The molecule has 1 aromatic carbocycles. The fourth-order valence-electron chi connectivity index (χ4n) is 1.58. The van der Waals surface area contributed by atoms with Gasteiger partial charge in [-0.2, -0.15) is 0 Å². The van der Waals surface area contributed by atoms with Gasteiger partial charge in [0.1, 0.15) is 11.5 Å². The molecule has 0 saturated heterocycles. The summed E-state index contributed by atoms with van der Waals surface area (Å²) < 4.78 is 0. The molecular formula is C14H14Cl2N4O. The molecule has 2 N–H and O–H groups in total. The maximum absolute atomic E-state index is 11.8. The first-order chi connectivity index (χ1) is 9.97. The third kappa shape index (κ3) is 4.06. The van der Waals surface area contributed by atoms with Gasteiger partial charge in [-0.25, -0.2) is 9.97 Å². The summed E-state index contributed by atoms with van der Waals surface area (Å²) in [5, 5.41) is 6.59. The van der Waals surface area contributed by atoms with Gasteiger partial charge in [0.05, 0.1) is 28.1 Å². The van der Waals surface area contributed by atoms with E-state index < -0.39 is 0 Å². The van der Waals surface area contributed by atoms with Crippen molar-refractivity contribution < 1.29 is 4.79 Å². The van der Waals surface area contributed by atoms with Gasteiger partial charge in [-0.05, 0) is 26.0 Å². The van der Waals surface area contributed by atoms with Gasteiger partial charge in [-0.3, -0.25) is 4.79 Å². The molecule has 2 aromatic rings. The molecule has 0 atom stereocenters. The van der Waals surface area contributed by atoms with Gasteiger partial charge >= 0.3 is 0 Å². The average molecular weight is 325 g/mol. The molecule has 7 heteroatoms. The third-order valence-corrected chi connectivity index (χ3v) is 3.34. The Morgan fingerprint density at radius 3 is 2.57 bits per heavy atom. The number of rotatable bonds is 4. The standard InChI is InChI=1S/C14H14Cl2N4O/c1-8(2)19-14(21)11-6-18-12(7-17-11)20-10-5-3-4-9(15)13(10)16/h3-8H,1-2H3,(H,18,20)(H,19,21). The number of halogens is 2. The average Bonchev–Trinajstić information content (AvgIpc) is 2.44. The second-order valence-electron chi connectivity index (χ2n) is 4.64. The van der Waals surface area contributed by atoms with E-state index in [1.807, 2.05) is 13.8 Å². The zero-order valence-corrected chi connectivity index (χ0v) is 13.0. The number of carbonyl (C=O) groups excluding carboxylic acids is 1. The molecule has 0 fully saturated rings. The molecule has 1 amide bonds. The van der Waals surface area contributed by atoms with E-state index in [1.54, 1.807) is 18.2 Å². The monoisotopic (exact) mass is 324 g/mol. The Hall–Kier alpha value is -1.85. The van der Waals surface area contributed by atoms with Gasteiger partial charge in [0.2, 0.25) is 0 Å². The van der Waals surface area contributed by atoms with E-state index in [0.717, 1.165) is 0 Å². The van der Waals surface area contributed by atoms with Gasteiger partial charge in [0, 0.05) is 6.04 Å². The van der Waals surface area contributed by atoms with Crippen LogP contribution in [0.1, 0.15) is 24.3 Å². The molecule has 1 aromatic heterocycles. The van der Waals surface area contributed by atoms with Crippen LogP contribution < -0.4 is 10.6 Å². The Bertz CT molecular complexity index is 644. The minimum atomic E-state index is -0.259. The fourth-order valence-corrected chi connectivity index (χ4v) is 1.93. The number of benzene rings is 1. The molecule has 0 saturated carbocycles. The molecule has 21 heavy (non-hydrogen) atoms. The van der Waals surface area contributed by atoms with Crippen molar-refractivity contribution in [1.29, 1.82) is 0 Å². The number of anilines is 2. The topological polar surface area (TPSA) is 66.9 Å². The molecule has 0 aliphatic heterocycles. The minimum absolute atomic E-state index is 0.0439. The van der Waals surface area contributed by atoms with Crippen molar-refractivity contribution in [3.05, 3.63) is 46.3 Å². The Kier molecular flexibility index (Phi) is 4.98. The van der Waals surface area contributed by atoms with Crippen LogP contribution in [0.25, 0.3) is 0 Å². The van der Waals surface area contributed by atoms with E-state index >= 15 is 0 Å².